The normalized spacial score (nSPS) is 16.7. The molecule has 10 rings (SSSR count). The molecule has 3 aromatic heterocycles. The highest BCUT2D eigenvalue weighted by Gasteiger charge is 2.32. The molecule has 1 aliphatic rings. The zero-order valence-electron chi connectivity index (χ0n) is 26.7. The molecule has 2 atom stereocenters. The molecule has 49 heavy (non-hydrogen) atoms. The lowest BCUT2D eigenvalue weighted by Gasteiger charge is -2.39. The van der Waals surface area contributed by atoms with Gasteiger partial charge in [0.2, 0.25) is 0 Å². The Balaban J connectivity index is 1.12. The Kier molecular flexibility index (Phi) is 6.19. The minimum absolute atomic E-state index is 0.133. The molecule has 0 saturated heterocycles. The van der Waals surface area contributed by atoms with Gasteiger partial charge in [-0.25, -0.2) is 4.99 Å². The Morgan fingerprint density at radius 3 is 2.33 bits per heavy atom. The molecular weight excluding hydrogens is 604 g/mol. The van der Waals surface area contributed by atoms with Crippen LogP contribution in [0.3, 0.4) is 0 Å². The molecule has 6 aromatic carbocycles. The van der Waals surface area contributed by atoms with Crippen molar-refractivity contribution in [2.45, 2.75) is 12.3 Å². The van der Waals surface area contributed by atoms with Gasteiger partial charge < -0.3 is 13.7 Å². The summed E-state index contributed by atoms with van der Waals surface area (Å²) in [4.78, 5) is 12.2. The van der Waals surface area contributed by atoms with E-state index in [0.29, 0.717) is 0 Å². The van der Waals surface area contributed by atoms with Gasteiger partial charge in [0.1, 0.15) is 34.9 Å². The SMILES string of the molecule is CN1C(c2cncc3oc4cc(-c5cccc6c5oc5ccccc56)ccc4c23)=NC(c2ccccc2)NC1c1ccc2ccccc2c1. The largest absolute Gasteiger partial charge is 0.455 e. The summed E-state index contributed by atoms with van der Waals surface area (Å²) in [5, 5.41) is 10.5. The number of hydrogen-bond acceptors (Lipinski definition) is 6. The number of benzene rings is 6. The molecule has 234 valence electrons. The fourth-order valence-corrected chi connectivity index (χ4v) is 7.44. The fraction of sp³-hybridized carbons (Fsp3) is 0.0698. The summed E-state index contributed by atoms with van der Waals surface area (Å²) in [6.45, 7) is 0. The molecule has 9 aromatic rings. The summed E-state index contributed by atoms with van der Waals surface area (Å²) < 4.78 is 12.9. The number of rotatable bonds is 4. The lowest BCUT2D eigenvalue weighted by molar-refractivity contribution is 0.258. The molecule has 0 aliphatic carbocycles. The van der Waals surface area contributed by atoms with Crippen LogP contribution in [-0.2, 0) is 0 Å². The van der Waals surface area contributed by atoms with Crippen molar-refractivity contribution in [1.82, 2.24) is 15.2 Å². The van der Waals surface area contributed by atoms with Gasteiger partial charge in [0.25, 0.3) is 0 Å². The second-order valence-corrected chi connectivity index (χ2v) is 12.7. The molecule has 0 amide bonds. The lowest BCUT2D eigenvalue weighted by atomic mass is 9.99. The number of amidine groups is 1. The van der Waals surface area contributed by atoms with Crippen LogP contribution in [0.15, 0.2) is 160 Å². The average molecular weight is 635 g/mol. The molecule has 0 spiro atoms. The summed E-state index contributed by atoms with van der Waals surface area (Å²) in [5.74, 6) is 0.850. The first kappa shape index (κ1) is 27.8. The third-order valence-electron chi connectivity index (χ3n) is 9.83. The van der Waals surface area contributed by atoms with Crippen LogP contribution >= 0.6 is 0 Å². The number of hydrogen-bond donors (Lipinski definition) is 1. The maximum atomic E-state index is 6.54. The topological polar surface area (TPSA) is 66.8 Å². The van der Waals surface area contributed by atoms with Crippen molar-refractivity contribution in [3.05, 3.63) is 163 Å². The summed E-state index contributed by atoms with van der Waals surface area (Å²) >= 11 is 0. The average Bonchev–Trinajstić information content (AvgIpc) is 3.73. The fourth-order valence-electron chi connectivity index (χ4n) is 7.44. The van der Waals surface area contributed by atoms with Crippen molar-refractivity contribution in [2.24, 2.45) is 4.99 Å². The monoisotopic (exact) mass is 634 g/mol. The van der Waals surface area contributed by atoms with Gasteiger partial charge in [-0.15, -0.1) is 0 Å². The first-order valence-corrected chi connectivity index (χ1v) is 16.5. The van der Waals surface area contributed by atoms with Crippen molar-refractivity contribution >= 4 is 60.5 Å². The molecule has 6 heteroatoms. The van der Waals surface area contributed by atoms with Crippen LogP contribution in [0.5, 0.6) is 0 Å². The predicted molar refractivity (Wildman–Crippen MR) is 198 cm³/mol. The molecule has 0 saturated carbocycles. The van der Waals surface area contributed by atoms with Gasteiger partial charge in [0.05, 0.1) is 6.20 Å². The highest BCUT2D eigenvalue weighted by atomic mass is 16.3. The van der Waals surface area contributed by atoms with Gasteiger partial charge in [-0.1, -0.05) is 109 Å². The standard InChI is InChI=1S/C43H30N4O2/c1-47-42(30-19-18-26-10-5-6-13-28(26)22-30)45-41(27-11-3-2-4-12-27)46-43(47)35-24-44-25-38-39(35)34-21-20-29(23-37(34)48-38)31-15-9-16-33-32-14-7-8-17-36(32)49-40(31)33/h2-25,41-42,45H,1H3. The Bertz CT molecular complexity index is 2740. The molecule has 1 N–H and O–H groups in total. The van der Waals surface area contributed by atoms with E-state index in [-0.39, 0.29) is 12.3 Å². The zero-order valence-corrected chi connectivity index (χ0v) is 26.7. The minimum atomic E-state index is -0.256. The molecule has 6 nitrogen and oxygen atoms in total. The Morgan fingerprint density at radius 1 is 0.592 bits per heavy atom. The highest BCUT2D eigenvalue weighted by Crippen LogP contribution is 2.40. The first-order valence-electron chi connectivity index (χ1n) is 16.5. The molecule has 0 fully saturated rings. The number of nitrogens with zero attached hydrogens (tertiary/aromatic N) is 3. The number of furan rings is 2. The number of fused-ring (bicyclic) bond motifs is 7. The van der Waals surface area contributed by atoms with Crippen molar-refractivity contribution < 1.29 is 8.83 Å². The number of aromatic nitrogens is 1. The van der Waals surface area contributed by atoms with Crippen LogP contribution in [0, 0.1) is 0 Å². The van der Waals surface area contributed by atoms with Crippen molar-refractivity contribution in [3.8, 4) is 11.1 Å². The summed E-state index contributed by atoms with van der Waals surface area (Å²) in [7, 11) is 2.10. The van der Waals surface area contributed by atoms with Crippen molar-refractivity contribution in [3.63, 3.8) is 0 Å². The van der Waals surface area contributed by atoms with Crippen molar-refractivity contribution in [2.75, 3.05) is 7.05 Å². The molecular formula is C43H30N4O2. The van der Waals surface area contributed by atoms with E-state index in [4.69, 9.17) is 13.8 Å². The Hall–Kier alpha value is -6.24. The van der Waals surface area contributed by atoms with E-state index in [9.17, 15) is 0 Å². The Labute approximate surface area is 281 Å². The third-order valence-corrected chi connectivity index (χ3v) is 9.83. The lowest BCUT2D eigenvalue weighted by Crippen LogP contribution is -2.46. The molecule has 4 heterocycles. The first-order chi connectivity index (χ1) is 24.2. The number of aliphatic imine (C=N–C) groups is 1. The van der Waals surface area contributed by atoms with Gasteiger partial charge in [0.15, 0.2) is 5.58 Å². The summed E-state index contributed by atoms with van der Waals surface area (Å²) in [6, 6.07) is 46.5. The van der Waals surface area contributed by atoms with Gasteiger partial charge in [0, 0.05) is 45.9 Å². The molecule has 0 bridgehead atoms. The minimum Gasteiger partial charge on any atom is -0.455 e. The highest BCUT2D eigenvalue weighted by molar-refractivity contribution is 6.18. The van der Waals surface area contributed by atoms with Crippen LogP contribution in [0.1, 0.15) is 29.0 Å². The van der Waals surface area contributed by atoms with Crippen LogP contribution in [0.4, 0.5) is 0 Å². The number of nitrogens with one attached hydrogen (secondary N) is 1. The molecule has 1 aliphatic heterocycles. The van der Waals surface area contributed by atoms with Gasteiger partial charge in [-0.3, -0.25) is 10.3 Å². The predicted octanol–water partition coefficient (Wildman–Crippen LogP) is 10.4. The van der Waals surface area contributed by atoms with Crippen molar-refractivity contribution in [1.29, 1.82) is 0 Å². The van der Waals surface area contributed by atoms with E-state index in [1.165, 1.54) is 10.8 Å². The van der Waals surface area contributed by atoms with Gasteiger partial charge in [-0.05, 0) is 51.7 Å². The van der Waals surface area contributed by atoms with E-state index in [1.807, 2.05) is 30.5 Å². The van der Waals surface area contributed by atoms with E-state index in [2.05, 4.69) is 131 Å². The smallest absolute Gasteiger partial charge is 0.154 e. The van der Waals surface area contributed by atoms with Crippen LogP contribution in [-0.4, -0.2) is 22.8 Å². The maximum absolute atomic E-state index is 6.54. The molecule has 0 radical (unpaired) electrons. The van der Waals surface area contributed by atoms with Crippen LogP contribution in [0.2, 0.25) is 0 Å². The third kappa shape index (κ3) is 4.45. The van der Waals surface area contributed by atoms with E-state index < -0.39 is 0 Å². The Morgan fingerprint density at radius 2 is 1.41 bits per heavy atom. The van der Waals surface area contributed by atoms with Gasteiger partial charge >= 0.3 is 0 Å². The summed E-state index contributed by atoms with van der Waals surface area (Å²) in [6.07, 6.45) is 3.33. The van der Waals surface area contributed by atoms with E-state index >= 15 is 0 Å². The van der Waals surface area contributed by atoms with Crippen LogP contribution < -0.4 is 5.32 Å². The molecule has 2 unspecified atom stereocenters. The number of pyridine rings is 1. The second-order valence-electron chi connectivity index (χ2n) is 12.7. The van der Waals surface area contributed by atoms with Gasteiger partial charge in [-0.2, -0.15) is 0 Å². The van der Waals surface area contributed by atoms with E-state index in [0.717, 1.165) is 77.5 Å². The van der Waals surface area contributed by atoms with Crippen LogP contribution in [0.25, 0.3) is 65.8 Å². The number of para-hydroxylation sites is 2. The maximum Gasteiger partial charge on any atom is 0.154 e. The summed E-state index contributed by atoms with van der Waals surface area (Å²) in [5.41, 5.74) is 8.52. The van der Waals surface area contributed by atoms with E-state index in [1.54, 1.807) is 6.20 Å². The zero-order chi connectivity index (χ0) is 32.5. The second kappa shape index (κ2) is 10.9. The quantitative estimate of drug-likeness (QED) is 0.209.